The van der Waals surface area contributed by atoms with Gasteiger partial charge in [0.15, 0.2) is 0 Å². The van der Waals surface area contributed by atoms with Gasteiger partial charge >= 0.3 is 0 Å². The summed E-state index contributed by atoms with van der Waals surface area (Å²) in [4.78, 5) is 0. The standard InChI is InChI=1S/C24H45B/c1-9-11-13-15-16-18-24(22(7)20(3)4)25(23(8)21(5)6)19-17-14-12-10-2/h18,20-23H,9-16H2,1-8H3/b24-18-. The monoisotopic (exact) mass is 344 g/mol. The SMILES string of the molecule is CCCCC#CB(/C(=C\CCCCCC)C(C)C(C)C)C(C)C(C)C. The summed E-state index contributed by atoms with van der Waals surface area (Å²) in [5.74, 6) is 9.82. The molecule has 0 N–H and O–H groups in total. The lowest BCUT2D eigenvalue weighted by molar-refractivity contribution is 0.489. The van der Waals surface area contributed by atoms with Gasteiger partial charge in [-0.2, -0.15) is 0 Å². The van der Waals surface area contributed by atoms with Crippen LogP contribution in [-0.2, 0) is 0 Å². The van der Waals surface area contributed by atoms with E-state index in [1.807, 2.05) is 0 Å². The summed E-state index contributed by atoms with van der Waals surface area (Å²) in [6.07, 6.45) is 12.7. The van der Waals surface area contributed by atoms with E-state index in [0.29, 0.717) is 30.3 Å². The van der Waals surface area contributed by atoms with Gasteiger partial charge in [0, 0.05) is 6.42 Å². The highest BCUT2D eigenvalue weighted by Gasteiger charge is 2.30. The maximum Gasteiger partial charge on any atom is 0.262 e. The summed E-state index contributed by atoms with van der Waals surface area (Å²) < 4.78 is 0. The van der Waals surface area contributed by atoms with E-state index in [9.17, 15) is 0 Å². The first-order valence-corrected chi connectivity index (χ1v) is 11.0. The summed E-state index contributed by atoms with van der Waals surface area (Å²) in [6, 6.07) is 0. The molecule has 0 nitrogen and oxygen atoms in total. The van der Waals surface area contributed by atoms with Gasteiger partial charge in [0.25, 0.3) is 6.71 Å². The molecule has 2 atom stereocenters. The normalized spacial score (nSPS) is 14.4. The first-order valence-electron chi connectivity index (χ1n) is 11.0. The summed E-state index contributed by atoms with van der Waals surface area (Å²) in [5, 5.41) is 0. The van der Waals surface area contributed by atoms with E-state index >= 15 is 0 Å². The van der Waals surface area contributed by atoms with Gasteiger partial charge in [-0.3, -0.25) is 0 Å². The summed E-state index contributed by atoms with van der Waals surface area (Å²) in [7, 11) is 0. The molecule has 0 aliphatic carbocycles. The van der Waals surface area contributed by atoms with Crippen LogP contribution in [0.4, 0.5) is 0 Å². The second-order valence-corrected chi connectivity index (χ2v) is 8.59. The molecule has 0 aliphatic heterocycles. The maximum atomic E-state index is 3.71. The lowest BCUT2D eigenvalue weighted by atomic mass is 9.33. The molecule has 0 bridgehead atoms. The highest BCUT2D eigenvalue weighted by molar-refractivity contribution is 6.76. The number of rotatable bonds is 12. The van der Waals surface area contributed by atoms with E-state index < -0.39 is 0 Å². The van der Waals surface area contributed by atoms with Gasteiger partial charge in [0.1, 0.15) is 0 Å². The number of hydrogen-bond acceptors (Lipinski definition) is 0. The Labute approximate surface area is 160 Å². The molecule has 0 aromatic heterocycles. The van der Waals surface area contributed by atoms with Crippen molar-refractivity contribution in [3.8, 4) is 11.7 Å². The molecule has 0 radical (unpaired) electrons. The van der Waals surface area contributed by atoms with Crippen LogP contribution in [0.5, 0.6) is 0 Å². The molecule has 2 unspecified atom stereocenters. The van der Waals surface area contributed by atoms with Crippen LogP contribution in [0.3, 0.4) is 0 Å². The van der Waals surface area contributed by atoms with Crippen LogP contribution in [-0.4, -0.2) is 6.71 Å². The quantitative estimate of drug-likeness (QED) is 0.191. The van der Waals surface area contributed by atoms with Crippen molar-refractivity contribution < 1.29 is 0 Å². The first kappa shape index (κ1) is 24.4. The predicted octanol–water partition coefficient (Wildman–Crippen LogP) is 7.99. The summed E-state index contributed by atoms with van der Waals surface area (Å²) in [5.41, 5.74) is 1.62. The summed E-state index contributed by atoms with van der Waals surface area (Å²) in [6.45, 7) is 19.2. The van der Waals surface area contributed by atoms with Crippen molar-refractivity contribution in [1.29, 1.82) is 0 Å². The van der Waals surface area contributed by atoms with Gasteiger partial charge in [-0.1, -0.05) is 92.6 Å². The van der Waals surface area contributed by atoms with E-state index in [1.165, 1.54) is 44.9 Å². The molecule has 144 valence electrons. The van der Waals surface area contributed by atoms with Crippen LogP contribution in [0, 0.1) is 29.5 Å². The van der Waals surface area contributed by atoms with Crippen LogP contribution in [0.1, 0.15) is 107 Å². The fourth-order valence-corrected chi connectivity index (χ4v) is 3.17. The fourth-order valence-electron chi connectivity index (χ4n) is 3.17. The Morgan fingerprint density at radius 3 is 2.00 bits per heavy atom. The maximum absolute atomic E-state index is 3.71. The van der Waals surface area contributed by atoms with Crippen LogP contribution in [0.15, 0.2) is 11.5 Å². The van der Waals surface area contributed by atoms with Gasteiger partial charge in [-0.25, -0.2) is 0 Å². The van der Waals surface area contributed by atoms with Crippen LogP contribution < -0.4 is 0 Å². The van der Waals surface area contributed by atoms with Crippen molar-refractivity contribution in [2.75, 3.05) is 0 Å². The third-order valence-corrected chi connectivity index (χ3v) is 5.81. The minimum Gasteiger partial charge on any atom is -0.149 e. The molecule has 0 saturated heterocycles. The average molecular weight is 344 g/mol. The zero-order chi connectivity index (χ0) is 19.2. The molecule has 1 heteroatoms. The van der Waals surface area contributed by atoms with E-state index in [-0.39, 0.29) is 0 Å². The molecule has 25 heavy (non-hydrogen) atoms. The molecule has 0 amide bonds. The fraction of sp³-hybridized carbons (Fsp3) is 0.833. The molecule has 0 aromatic rings. The van der Waals surface area contributed by atoms with Crippen molar-refractivity contribution in [3.05, 3.63) is 11.5 Å². The smallest absolute Gasteiger partial charge is 0.149 e. The van der Waals surface area contributed by atoms with Gasteiger partial charge in [0.2, 0.25) is 0 Å². The number of unbranched alkanes of at least 4 members (excludes halogenated alkanes) is 6. The van der Waals surface area contributed by atoms with Gasteiger partial charge in [0.05, 0.1) is 0 Å². The molecule has 0 heterocycles. The molecule has 0 fully saturated rings. The second kappa shape index (κ2) is 14.5. The highest BCUT2D eigenvalue weighted by atomic mass is 14.2. The average Bonchev–Trinajstić information content (AvgIpc) is 2.57. The zero-order valence-corrected chi connectivity index (χ0v) is 18.6. The number of hydrogen-bond donors (Lipinski definition) is 0. The molecular weight excluding hydrogens is 299 g/mol. The number of allylic oxidation sites excluding steroid dienone is 2. The van der Waals surface area contributed by atoms with Crippen molar-refractivity contribution in [2.24, 2.45) is 17.8 Å². The Bertz CT molecular complexity index is 408. The van der Waals surface area contributed by atoms with Crippen molar-refractivity contribution in [1.82, 2.24) is 0 Å². The topological polar surface area (TPSA) is 0 Å². The van der Waals surface area contributed by atoms with Crippen molar-refractivity contribution in [3.63, 3.8) is 0 Å². The van der Waals surface area contributed by atoms with Gasteiger partial charge in [-0.15, -0.1) is 11.7 Å². The van der Waals surface area contributed by atoms with Crippen LogP contribution >= 0.6 is 0 Å². The minimum atomic E-state index is 0.431. The molecule has 0 aliphatic rings. The first-order chi connectivity index (χ1) is 11.9. The Morgan fingerprint density at radius 2 is 1.48 bits per heavy atom. The highest BCUT2D eigenvalue weighted by Crippen LogP contribution is 2.32. The molecule has 0 saturated carbocycles. The van der Waals surface area contributed by atoms with Crippen molar-refractivity contribution >= 4 is 6.71 Å². The Kier molecular flexibility index (Phi) is 14.2. The van der Waals surface area contributed by atoms with E-state index in [2.05, 4.69) is 73.2 Å². The van der Waals surface area contributed by atoms with Gasteiger partial charge < -0.3 is 0 Å². The van der Waals surface area contributed by atoms with E-state index in [4.69, 9.17) is 0 Å². The zero-order valence-electron chi connectivity index (χ0n) is 18.6. The minimum absolute atomic E-state index is 0.431. The third-order valence-electron chi connectivity index (χ3n) is 5.81. The third kappa shape index (κ3) is 10.2. The van der Waals surface area contributed by atoms with Crippen molar-refractivity contribution in [2.45, 2.75) is 113 Å². The van der Waals surface area contributed by atoms with Gasteiger partial charge in [-0.05, 0) is 42.8 Å². The summed E-state index contributed by atoms with van der Waals surface area (Å²) >= 11 is 0. The molecular formula is C24H45B. The molecule has 0 spiro atoms. The van der Waals surface area contributed by atoms with E-state index in [1.54, 1.807) is 5.47 Å². The lowest BCUT2D eigenvalue weighted by Crippen LogP contribution is -2.29. The predicted molar refractivity (Wildman–Crippen MR) is 118 cm³/mol. The lowest BCUT2D eigenvalue weighted by Gasteiger charge is -2.28. The van der Waals surface area contributed by atoms with Crippen LogP contribution in [0.25, 0.3) is 0 Å². The van der Waals surface area contributed by atoms with Crippen LogP contribution in [0.2, 0.25) is 5.82 Å². The largest absolute Gasteiger partial charge is 0.262 e. The Morgan fingerprint density at radius 1 is 0.840 bits per heavy atom. The Hall–Kier alpha value is -0.635. The molecule has 0 aromatic carbocycles. The van der Waals surface area contributed by atoms with E-state index in [0.717, 1.165) is 6.42 Å². The Balaban J connectivity index is 5.40. The molecule has 0 rings (SSSR count). The second-order valence-electron chi connectivity index (χ2n) is 8.59.